The molecule has 1 aromatic carbocycles. The minimum absolute atomic E-state index is 0.344. The molecular formula is C15H23NS. The summed E-state index contributed by atoms with van der Waals surface area (Å²) in [6, 6.07) is 8.79. The van der Waals surface area contributed by atoms with Gasteiger partial charge in [-0.1, -0.05) is 45.0 Å². The van der Waals surface area contributed by atoms with Gasteiger partial charge in [-0.25, -0.2) is 0 Å². The van der Waals surface area contributed by atoms with Gasteiger partial charge in [0.1, 0.15) is 0 Å². The van der Waals surface area contributed by atoms with Crippen molar-refractivity contribution in [1.29, 1.82) is 0 Å². The molecule has 1 aliphatic rings. The SMILES string of the molecule is CC(C)(C)C(CS)CN1Cc2ccccc2C1. The van der Waals surface area contributed by atoms with Crippen molar-refractivity contribution in [2.45, 2.75) is 33.9 Å². The second-order valence-electron chi connectivity index (χ2n) is 6.18. The van der Waals surface area contributed by atoms with E-state index in [4.69, 9.17) is 0 Å². The zero-order valence-corrected chi connectivity index (χ0v) is 12.0. The number of benzene rings is 1. The largest absolute Gasteiger partial charge is 0.294 e. The highest BCUT2D eigenvalue weighted by Gasteiger charge is 2.27. The molecule has 17 heavy (non-hydrogen) atoms. The van der Waals surface area contributed by atoms with Gasteiger partial charge in [0.05, 0.1) is 0 Å². The van der Waals surface area contributed by atoms with E-state index in [1.54, 1.807) is 0 Å². The lowest BCUT2D eigenvalue weighted by Gasteiger charge is -2.32. The lowest BCUT2D eigenvalue weighted by Crippen LogP contribution is -2.33. The highest BCUT2D eigenvalue weighted by molar-refractivity contribution is 7.80. The van der Waals surface area contributed by atoms with E-state index in [2.05, 4.69) is 62.6 Å². The smallest absolute Gasteiger partial charge is 0.0240 e. The Hall–Kier alpha value is -0.470. The van der Waals surface area contributed by atoms with Crippen LogP contribution < -0.4 is 0 Å². The van der Waals surface area contributed by atoms with E-state index in [9.17, 15) is 0 Å². The van der Waals surface area contributed by atoms with Crippen LogP contribution in [0.3, 0.4) is 0 Å². The quantitative estimate of drug-likeness (QED) is 0.801. The maximum Gasteiger partial charge on any atom is 0.0240 e. The summed E-state index contributed by atoms with van der Waals surface area (Å²) >= 11 is 4.52. The van der Waals surface area contributed by atoms with E-state index in [-0.39, 0.29) is 0 Å². The van der Waals surface area contributed by atoms with Gasteiger partial charge >= 0.3 is 0 Å². The van der Waals surface area contributed by atoms with Crippen LogP contribution >= 0.6 is 12.6 Å². The second kappa shape index (κ2) is 5.03. The first-order chi connectivity index (χ1) is 8.00. The van der Waals surface area contributed by atoms with Gasteiger partial charge in [-0.3, -0.25) is 4.90 Å². The summed E-state index contributed by atoms with van der Waals surface area (Å²) in [6.45, 7) is 10.3. The van der Waals surface area contributed by atoms with Crippen LogP contribution in [0.4, 0.5) is 0 Å². The zero-order valence-electron chi connectivity index (χ0n) is 11.1. The van der Waals surface area contributed by atoms with Crippen LogP contribution in [0, 0.1) is 11.3 Å². The predicted molar refractivity (Wildman–Crippen MR) is 77.4 cm³/mol. The van der Waals surface area contributed by atoms with Crippen molar-refractivity contribution in [3.8, 4) is 0 Å². The maximum atomic E-state index is 4.52. The standard InChI is InChI=1S/C15H23NS/c1-15(2,3)14(11-17)10-16-8-12-6-4-5-7-13(12)9-16/h4-7,14,17H,8-11H2,1-3H3. The molecule has 0 saturated heterocycles. The van der Waals surface area contributed by atoms with Gasteiger partial charge in [0.2, 0.25) is 0 Å². The van der Waals surface area contributed by atoms with Crippen molar-refractivity contribution >= 4 is 12.6 Å². The fourth-order valence-corrected chi connectivity index (χ4v) is 3.11. The summed E-state index contributed by atoms with van der Waals surface area (Å²) < 4.78 is 0. The maximum absolute atomic E-state index is 4.52. The Morgan fingerprint density at radius 3 is 2.12 bits per heavy atom. The predicted octanol–water partition coefficient (Wildman–Crippen LogP) is 3.59. The van der Waals surface area contributed by atoms with Crippen LogP contribution in [0.2, 0.25) is 0 Å². The van der Waals surface area contributed by atoms with Crippen molar-refractivity contribution < 1.29 is 0 Å². The molecule has 0 bridgehead atoms. The molecule has 94 valence electrons. The van der Waals surface area contributed by atoms with Gasteiger partial charge < -0.3 is 0 Å². The number of rotatable bonds is 3. The highest BCUT2D eigenvalue weighted by atomic mass is 32.1. The van der Waals surface area contributed by atoms with Gasteiger partial charge in [0, 0.05) is 19.6 Å². The van der Waals surface area contributed by atoms with Gasteiger partial charge in [-0.15, -0.1) is 0 Å². The first-order valence-corrected chi connectivity index (χ1v) is 7.04. The van der Waals surface area contributed by atoms with Crippen LogP contribution in [-0.4, -0.2) is 17.2 Å². The molecule has 0 aromatic heterocycles. The lowest BCUT2D eigenvalue weighted by molar-refractivity contribution is 0.165. The Bertz CT molecular complexity index is 356. The lowest BCUT2D eigenvalue weighted by atomic mass is 9.81. The highest BCUT2D eigenvalue weighted by Crippen LogP contribution is 2.30. The first kappa shape index (κ1) is 13.0. The summed E-state index contributed by atoms with van der Waals surface area (Å²) in [5.74, 6) is 1.62. The molecule has 0 spiro atoms. The Balaban J connectivity index is 2.00. The van der Waals surface area contributed by atoms with Crippen molar-refractivity contribution in [2.75, 3.05) is 12.3 Å². The van der Waals surface area contributed by atoms with Crippen LogP contribution in [-0.2, 0) is 13.1 Å². The fraction of sp³-hybridized carbons (Fsp3) is 0.600. The molecule has 2 rings (SSSR count). The molecule has 2 heteroatoms. The molecule has 0 N–H and O–H groups in total. The summed E-state index contributed by atoms with van der Waals surface area (Å²) in [5.41, 5.74) is 3.34. The molecule has 0 amide bonds. The van der Waals surface area contributed by atoms with E-state index < -0.39 is 0 Å². The Kier molecular flexibility index (Phi) is 3.84. The molecule has 0 saturated carbocycles. The Morgan fingerprint density at radius 1 is 1.18 bits per heavy atom. The van der Waals surface area contributed by atoms with Crippen molar-refractivity contribution in [3.05, 3.63) is 35.4 Å². The van der Waals surface area contributed by atoms with Crippen molar-refractivity contribution in [1.82, 2.24) is 4.90 Å². The number of nitrogens with zero attached hydrogens (tertiary/aromatic N) is 1. The van der Waals surface area contributed by atoms with Crippen molar-refractivity contribution in [3.63, 3.8) is 0 Å². The third-order valence-corrected chi connectivity index (χ3v) is 4.27. The topological polar surface area (TPSA) is 3.24 Å². The van der Waals surface area contributed by atoms with E-state index >= 15 is 0 Å². The normalized spacial score (nSPS) is 18.1. The molecule has 1 unspecified atom stereocenters. The number of thiol groups is 1. The summed E-state index contributed by atoms with van der Waals surface area (Å²) in [7, 11) is 0. The average molecular weight is 249 g/mol. The third kappa shape index (κ3) is 3.05. The zero-order chi connectivity index (χ0) is 12.5. The number of hydrogen-bond acceptors (Lipinski definition) is 2. The molecule has 1 heterocycles. The molecule has 0 radical (unpaired) electrons. The minimum atomic E-state index is 0.344. The monoisotopic (exact) mass is 249 g/mol. The van der Waals surface area contributed by atoms with Gasteiger partial charge in [0.25, 0.3) is 0 Å². The fourth-order valence-electron chi connectivity index (χ4n) is 2.45. The van der Waals surface area contributed by atoms with Crippen LogP contribution in [0.15, 0.2) is 24.3 Å². The molecule has 0 fully saturated rings. The van der Waals surface area contributed by atoms with Crippen LogP contribution in [0.25, 0.3) is 0 Å². The van der Waals surface area contributed by atoms with E-state index in [1.165, 1.54) is 11.1 Å². The number of fused-ring (bicyclic) bond motifs is 1. The molecule has 1 aliphatic heterocycles. The first-order valence-electron chi connectivity index (χ1n) is 6.40. The molecular weight excluding hydrogens is 226 g/mol. The van der Waals surface area contributed by atoms with Gasteiger partial charge in [-0.2, -0.15) is 12.6 Å². The summed E-state index contributed by atoms with van der Waals surface area (Å²) in [4.78, 5) is 2.55. The molecule has 0 aliphatic carbocycles. The summed E-state index contributed by atoms with van der Waals surface area (Å²) in [6.07, 6.45) is 0. The van der Waals surface area contributed by atoms with Crippen LogP contribution in [0.5, 0.6) is 0 Å². The Morgan fingerprint density at radius 2 is 1.71 bits per heavy atom. The van der Waals surface area contributed by atoms with Crippen molar-refractivity contribution in [2.24, 2.45) is 11.3 Å². The third-order valence-electron chi connectivity index (χ3n) is 3.83. The molecule has 1 atom stereocenters. The van der Waals surface area contributed by atoms with Gasteiger partial charge in [0.15, 0.2) is 0 Å². The molecule has 1 aromatic rings. The minimum Gasteiger partial charge on any atom is -0.294 e. The van der Waals surface area contributed by atoms with Gasteiger partial charge in [-0.05, 0) is 28.2 Å². The summed E-state index contributed by atoms with van der Waals surface area (Å²) in [5, 5.41) is 0. The second-order valence-corrected chi connectivity index (χ2v) is 6.55. The van der Waals surface area contributed by atoms with E-state index in [0.717, 1.165) is 25.4 Å². The number of hydrogen-bond donors (Lipinski definition) is 1. The Labute approximate surface area is 111 Å². The van der Waals surface area contributed by atoms with E-state index in [0.29, 0.717) is 11.3 Å². The molecule has 1 nitrogen and oxygen atoms in total. The van der Waals surface area contributed by atoms with Crippen LogP contribution in [0.1, 0.15) is 31.9 Å². The van der Waals surface area contributed by atoms with E-state index in [1.807, 2.05) is 0 Å². The average Bonchev–Trinajstić information content (AvgIpc) is 2.66.